The molecule has 1 aromatic heterocycles. The van der Waals surface area contributed by atoms with Crippen LogP contribution in [-0.2, 0) is 0 Å². The summed E-state index contributed by atoms with van der Waals surface area (Å²) >= 11 is 0.851. The van der Waals surface area contributed by atoms with Crippen LogP contribution in [-0.4, -0.2) is 23.2 Å². The molecular weight excluding hydrogens is 264 g/mol. The number of hydrogen-bond acceptors (Lipinski definition) is 4. The Hall–Kier alpha value is -2.02. The molecule has 0 fully saturated rings. The van der Waals surface area contributed by atoms with Gasteiger partial charge in [-0.2, -0.15) is 0 Å². The third-order valence-corrected chi connectivity index (χ3v) is 3.07. The predicted octanol–water partition coefficient (Wildman–Crippen LogP) is 2.80. The molecule has 7 heteroatoms. The van der Waals surface area contributed by atoms with Crippen LogP contribution in [0.1, 0.15) is 10.5 Å². The van der Waals surface area contributed by atoms with Gasteiger partial charge in [-0.05, 0) is 12.1 Å². The quantitative estimate of drug-likeness (QED) is 0.932. The van der Waals surface area contributed by atoms with E-state index in [2.05, 4.69) is 4.98 Å². The fourth-order valence-corrected chi connectivity index (χ4v) is 2.21. The number of aromatic carboxylic acids is 1. The van der Waals surface area contributed by atoms with Gasteiger partial charge in [0.2, 0.25) is 0 Å². The molecule has 4 nitrogen and oxygen atoms in total. The predicted molar refractivity (Wildman–Crippen MR) is 61.0 cm³/mol. The lowest BCUT2D eigenvalue weighted by molar-refractivity contribution is 0.0691. The zero-order chi connectivity index (χ0) is 13.3. The third-order valence-electron chi connectivity index (χ3n) is 2.21. The highest BCUT2D eigenvalue weighted by molar-refractivity contribution is 7.13. The van der Waals surface area contributed by atoms with Crippen molar-refractivity contribution in [2.75, 3.05) is 7.11 Å². The van der Waals surface area contributed by atoms with Gasteiger partial charge in [-0.15, -0.1) is 11.3 Å². The zero-order valence-electron chi connectivity index (χ0n) is 9.11. The Bertz CT molecular complexity index is 612. The number of thiazole rings is 1. The highest BCUT2D eigenvalue weighted by Gasteiger charge is 2.20. The molecule has 0 aliphatic carbocycles. The first kappa shape index (κ1) is 12.4. The smallest absolute Gasteiger partial charge is 0.355 e. The first-order valence-corrected chi connectivity index (χ1v) is 5.63. The summed E-state index contributed by atoms with van der Waals surface area (Å²) in [4.78, 5) is 14.3. The first-order valence-electron chi connectivity index (χ1n) is 4.75. The number of methoxy groups -OCH3 is 1. The van der Waals surface area contributed by atoms with E-state index in [1.807, 2.05) is 0 Å². The highest BCUT2D eigenvalue weighted by Crippen LogP contribution is 2.33. The van der Waals surface area contributed by atoms with Crippen molar-refractivity contribution < 1.29 is 23.4 Å². The molecule has 2 aromatic rings. The molecule has 1 aromatic carbocycles. The van der Waals surface area contributed by atoms with Crippen LogP contribution in [0, 0.1) is 11.6 Å². The maximum atomic E-state index is 13.9. The van der Waals surface area contributed by atoms with Crippen LogP contribution in [0.15, 0.2) is 17.5 Å². The van der Waals surface area contributed by atoms with Crippen LogP contribution in [0.25, 0.3) is 10.6 Å². The van der Waals surface area contributed by atoms with E-state index in [-0.39, 0.29) is 22.0 Å². The number of rotatable bonds is 3. The summed E-state index contributed by atoms with van der Waals surface area (Å²) in [5.41, 5.74) is -0.636. The van der Waals surface area contributed by atoms with Crippen molar-refractivity contribution in [3.8, 4) is 16.3 Å². The Morgan fingerprint density at radius 3 is 2.72 bits per heavy atom. The molecule has 0 spiro atoms. The molecule has 0 saturated heterocycles. The summed E-state index contributed by atoms with van der Waals surface area (Å²) in [7, 11) is 1.25. The summed E-state index contributed by atoms with van der Waals surface area (Å²) in [5.74, 6) is -3.09. The van der Waals surface area contributed by atoms with Gasteiger partial charge in [0, 0.05) is 5.38 Å². The molecule has 0 atom stereocenters. The van der Waals surface area contributed by atoms with Crippen molar-refractivity contribution in [2.45, 2.75) is 0 Å². The molecule has 2 rings (SSSR count). The van der Waals surface area contributed by atoms with Crippen molar-refractivity contribution in [1.29, 1.82) is 0 Å². The minimum absolute atomic E-state index is 0.0405. The molecule has 94 valence electrons. The van der Waals surface area contributed by atoms with Crippen molar-refractivity contribution in [3.63, 3.8) is 0 Å². The van der Waals surface area contributed by atoms with E-state index < -0.39 is 17.6 Å². The van der Waals surface area contributed by atoms with E-state index in [0.717, 1.165) is 23.5 Å². The third kappa shape index (κ3) is 2.04. The van der Waals surface area contributed by atoms with Crippen LogP contribution in [0.4, 0.5) is 8.78 Å². The fourth-order valence-electron chi connectivity index (χ4n) is 1.37. The summed E-state index contributed by atoms with van der Waals surface area (Å²) in [6.07, 6.45) is 0. The van der Waals surface area contributed by atoms with Gasteiger partial charge in [0.05, 0.1) is 12.7 Å². The average Bonchev–Trinajstić information content (AvgIpc) is 2.79. The molecule has 0 unspecified atom stereocenters. The van der Waals surface area contributed by atoms with Crippen LogP contribution in [0.3, 0.4) is 0 Å². The maximum absolute atomic E-state index is 13.9. The van der Waals surface area contributed by atoms with Gasteiger partial charge in [-0.3, -0.25) is 0 Å². The number of carboxylic acids is 1. The maximum Gasteiger partial charge on any atom is 0.355 e. The van der Waals surface area contributed by atoms with Crippen LogP contribution >= 0.6 is 11.3 Å². The highest BCUT2D eigenvalue weighted by atomic mass is 32.1. The minimum Gasteiger partial charge on any atom is -0.494 e. The largest absolute Gasteiger partial charge is 0.494 e. The SMILES string of the molecule is COc1ccc(F)c(-c2nc(C(=O)O)cs2)c1F. The molecular formula is C11H7F2NO3S. The lowest BCUT2D eigenvalue weighted by atomic mass is 10.2. The van der Waals surface area contributed by atoms with Gasteiger partial charge < -0.3 is 9.84 Å². The molecule has 0 aliphatic rings. The summed E-state index contributed by atoms with van der Waals surface area (Å²) in [6, 6.07) is 2.19. The molecule has 0 amide bonds. The normalized spacial score (nSPS) is 10.4. The monoisotopic (exact) mass is 271 g/mol. The van der Waals surface area contributed by atoms with Gasteiger partial charge >= 0.3 is 5.97 Å². The van der Waals surface area contributed by atoms with Gasteiger partial charge in [0.15, 0.2) is 17.3 Å². The number of hydrogen-bond donors (Lipinski definition) is 1. The second kappa shape index (κ2) is 4.69. The van der Waals surface area contributed by atoms with Crippen molar-refractivity contribution in [3.05, 3.63) is 34.8 Å². The Kier molecular flexibility index (Phi) is 3.24. The second-order valence-corrected chi connectivity index (χ2v) is 4.14. The lowest BCUT2D eigenvalue weighted by Gasteiger charge is -2.06. The van der Waals surface area contributed by atoms with E-state index >= 15 is 0 Å². The van der Waals surface area contributed by atoms with E-state index in [4.69, 9.17) is 9.84 Å². The van der Waals surface area contributed by atoms with E-state index in [0.29, 0.717) is 0 Å². The van der Waals surface area contributed by atoms with Gasteiger partial charge in [-0.1, -0.05) is 0 Å². The molecule has 0 aliphatic heterocycles. The number of benzene rings is 1. The fraction of sp³-hybridized carbons (Fsp3) is 0.0909. The van der Waals surface area contributed by atoms with E-state index in [1.54, 1.807) is 0 Å². The first-order chi connectivity index (χ1) is 8.54. The number of aromatic nitrogens is 1. The molecule has 18 heavy (non-hydrogen) atoms. The Morgan fingerprint density at radius 1 is 1.44 bits per heavy atom. The number of carbonyl (C=O) groups is 1. The number of ether oxygens (including phenoxy) is 1. The van der Waals surface area contributed by atoms with Crippen LogP contribution < -0.4 is 4.74 Å². The standard InChI is InChI=1S/C11H7F2NO3S/c1-17-7-3-2-5(12)8(9(7)13)10-14-6(4-18-10)11(15)16/h2-4H,1H3,(H,15,16). The van der Waals surface area contributed by atoms with Crippen molar-refractivity contribution in [2.24, 2.45) is 0 Å². The zero-order valence-corrected chi connectivity index (χ0v) is 9.92. The molecule has 0 saturated carbocycles. The number of nitrogens with zero attached hydrogens (tertiary/aromatic N) is 1. The van der Waals surface area contributed by atoms with E-state index in [1.165, 1.54) is 12.5 Å². The summed E-state index contributed by atoms with van der Waals surface area (Å²) < 4.78 is 32.2. The molecule has 1 heterocycles. The van der Waals surface area contributed by atoms with Crippen LogP contribution in [0.2, 0.25) is 0 Å². The van der Waals surface area contributed by atoms with E-state index in [9.17, 15) is 13.6 Å². The second-order valence-electron chi connectivity index (χ2n) is 3.28. The minimum atomic E-state index is -1.25. The molecule has 1 N–H and O–H groups in total. The summed E-state index contributed by atoms with van der Waals surface area (Å²) in [6.45, 7) is 0. The van der Waals surface area contributed by atoms with Gasteiger partial charge in [0.1, 0.15) is 10.8 Å². The van der Waals surface area contributed by atoms with Crippen LogP contribution in [0.5, 0.6) is 5.75 Å². The Morgan fingerprint density at radius 2 is 2.17 bits per heavy atom. The Labute approximate surface area is 104 Å². The Balaban J connectivity index is 2.58. The van der Waals surface area contributed by atoms with Gasteiger partial charge in [-0.25, -0.2) is 18.6 Å². The lowest BCUT2D eigenvalue weighted by Crippen LogP contribution is -1.98. The molecule has 0 radical (unpaired) electrons. The summed E-state index contributed by atoms with van der Waals surface area (Å²) in [5, 5.41) is 9.89. The number of halogens is 2. The average molecular weight is 271 g/mol. The molecule has 0 bridgehead atoms. The van der Waals surface area contributed by atoms with Crippen molar-refractivity contribution in [1.82, 2.24) is 4.98 Å². The van der Waals surface area contributed by atoms with Gasteiger partial charge in [0.25, 0.3) is 0 Å². The number of carboxylic acid groups (broad SMARTS) is 1. The van der Waals surface area contributed by atoms with Crippen molar-refractivity contribution >= 4 is 17.3 Å². The topological polar surface area (TPSA) is 59.4 Å².